The molecule has 6 nitrogen and oxygen atoms in total. The van der Waals surface area contributed by atoms with Gasteiger partial charge in [-0.05, 0) is 62.9 Å². The van der Waals surface area contributed by atoms with Crippen molar-refractivity contribution >= 4 is 16.9 Å². The standard InChI is InChI=1S/C23H31NO5/c1-3-12-28-20(25)9-8-17-14-18-16(2)13-21(26)29-23(18)19(22(17)27)15-24-10-6-4-5-7-11-24/h13-14,27H,3-12,15H2,1-2H3. The molecule has 1 fully saturated rings. The van der Waals surface area contributed by atoms with E-state index in [1.807, 2.05) is 19.9 Å². The topological polar surface area (TPSA) is 80.0 Å². The number of phenolic OH excluding ortho intramolecular Hbond substituents is 1. The van der Waals surface area contributed by atoms with Crippen LogP contribution in [0.2, 0.25) is 0 Å². The number of likely N-dealkylation sites (tertiary alicyclic amines) is 1. The van der Waals surface area contributed by atoms with Crippen LogP contribution in [0.1, 0.15) is 62.1 Å². The molecule has 0 radical (unpaired) electrons. The number of ether oxygens (including phenoxy) is 1. The van der Waals surface area contributed by atoms with Crippen LogP contribution >= 0.6 is 0 Å². The molecule has 0 unspecified atom stereocenters. The van der Waals surface area contributed by atoms with Crippen LogP contribution in [0.5, 0.6) is 5.75 Å². The lowest BCUT2D eigenvalue weighted by Gasteiger charge is -2.22. The molecule has 3 rings (SSSR count). The minimum Gasteiger partial charge on any atom is -0.507 e. The summed E-state index contributed by atoms with van der Waals surface area (Å²) in [5.41, 5.74) is 2.18. The summed E-state index contributed by atoms with van der Waals surface area (Å²) in [7, 11) is 0. The molecule has 0 spiro atoms. The molecule has 2 heterocycles. The van der Waals surface area contributed by atoms with Crippen LogP contribution in [-0.4, -0.2) is 35.7 Å². The number of carbonyl (C=O) groups is 1. The van der Waals surface area contributed by atoms with Gasteiger partial charge >= 0.3 is 11.6 Å². The molecular formula is C23H31NO5. The highest BCUT2D eigenvalue weighted by atomic mass is 16.5. The summed E-state index contributed by atoms with van der Waals surface area (Å²) in [5.74, 6) is -0.143. The van der Waals surface area contributed by atoms with E-state index in [2.05, 4.69) is 4.90 Å². The molecule has 0 aliphatic carbocycles. The Balaban J connectivity index is 1.96. The van der Waals surface area contributed by atoms with Gasteiger partial charge in [0.15, 0.2) is 0 Å². The molecule has 1 aliphatic heterocycles. The summed E-state index contributed by atoms with van der Waals surface area (Å²) in [4.78, 5) is 26.2. The Morgan fingerprint density at radius 1 is 1.21 bits per heavy atom. The van der Waals surface area contributed by atoms with Gasteiger partial charge in [-0.3, -0.25) is 9.69 Å². The van der Waals surface area contributed by atoms with E-state index in [9.17, 15) is 14.7 Å². The quantitative estimate of drug-likeness (QED) is 0.556. The van der Waals surface area contributed by atoms with Gasteiger partial charge in [0, 0.05) is 24.4 Å². The number of rotatable bonds is 7. The molecule has 1 aromatic heterocycles. The third-order valence-electron chi connectivity index (χ3n) is 5.54. The van der Waals surface area contributed by atoms with Crippen molar-refractivity contribution in [1.29, 1.82) is 0 Å². The van der Waals surface area contributed by atoms with E-state index in [1.165, 1.54) is 18.9 Å². The lowest BCUT2D eigenvalue weighted by atomic mass is 9.98. The minimum absolute atomic E-state index is 0.124. The van der Waals surface area contributed by atoms with Crippen LogP contribution in [0.4, 0.5) is 0 Å². The molecule has 0 amide bonds. The summed E-state index contributed by atoms with van der Waals surface area (Å²) < 4.78 is 10.7. The Morgan fingerprint density at radius 3 is 2.62 bits per heavy atom. The van der Waals surface area contributed by atoms with Crippen molar-refractivity contribution in [3.05, 3.63) is 39.2 Å². The molecule has 6 heteroatoms. The lowest BCUT2D eigenvalue weighted by molar-refractivity contribution is -0.143. The van der Waals surface area contributed by atoms with Crippen molar-refractivity contribution in [2.24, 2.45) is 0 Å². The first-order valence-corrected chi connectivity index (χ1v) is 10.7. The number of benzene rings is 1. The van der Waals surface area contributed by atoms with E-state index < -0.39 is 5.63 Å². The second-order valence-corrected chi connectivity index (χ2v) is 7.90. The fraction of sp³-hybridized carbons (Fsp3) is 0.565. The Kier molecular flexibility index (Phi) is 7.31. The number of fused-ring (bicyclic) bond motifs is 1. The first-order chi connectivity index (χ1) is 14.0. The van der Waals surface area contributed by atoms with Crippen LogP contribution in [0.15, 0.2) is 21.3 Å². The summed E-state index contributed by atoms with van der Waals surface area (Å²) >= 11 is 0. The molecule has 0 saturated carbocycles. The average molecular weight is 402 g/mol. The van der Waals surface area contributed by atoms with Crippen molar-refractivity contribution in [3.63, 3.8) is 0 Å². The highest BCUT2D eigenvalue weighted by Gasteiger charge is 2.20. The molecule has 2 aromatic rings. The van der Waals surface area contributed by atoms with E-state index in [0.717, 1.165) is 43.3 Å². The third-order valence-corrected chi connectivity index (χ3v) is 5.54. The summed E-state index contributed by atoms with van der Waals surface area (Å²) in [6, 6.07) is 3.30. The molecular weight excluding hydrogens is 370 g/mol. The van der Waals surface area contributed by atoms with E-state index in [-0.39, 0.29) is 18.1 Å². The summed E-state index contributed by atoms with van der Waals surface area (Å²) in [6.45, 7) is 6.68. The number of phenols is 1. The number of carbonyl (C=O) groups excluding carboxylic acids is 1. The van der Waals surface area contributed by atoms with Crippen LogP contribution in [-0.2, 0) is 22.5 Å². The fourth-order valence-electron chi connectivity index (χ4n) is 3.95. The van der Waals surface area contributed by atoms with Crippen molar-refractivity contribution in [1.82, 2.24) is 4.90 Å². The van der Waals surface area contributed by atoms with Crippen LogP contribution in [0, 0.1) is 6.92 Å². The van der Waals surface area contributed by atoms with E-state index in [4.69, 9.17) is 9.15 Å². The third kappa shape index (κ3) is 5.38. The molecule has 1 saturated heterocycles. The second-order valence-electron chi connectivity index (χ2n) is 7.90. The van der Waals surface area contributed by atoms with Crippen LogP contribution < -0.4 is 5.63 Å². The normalized spacial score (nSPS) is 15.4. The smallest absolute Gasteiger partial charge is 0.336 e. The zero-order valence-corrected chi connectivity index (χ0v) is 17.5. The van der Waals surface area contributed by atoms with Gasteiger partial charge in [0.1, 0.15) is 11.3 Å². The van der Waals surface area contributed by atoms with Crippen molar-refractivity contribution in [2.75, 3.05) is 19.7 Å². The zero-order chi connectivity index (χ0) is 20.8. The molecule has 158 valence electrons. The zero-order valence-electron chi connectivity index (χ0n) is 17.5. The minimum atomic E-state index is -0.414. The summed E-state index contributed by atoms with van der Waals surface area (Å²) in [5, 5.41) is 11.8. The molecule has 1 aromatic carbocycles. The first kappa shape index (κ1) is 21.4. The van der Waals surface area contributed by atoms with Gasteiger partial charge in [-0.15, -0.1) is 0 Å². The van der Waals surface area contributed by atoms with Gasteiger partial charge < -0.3 is 14.3 Å². The van der Waals surface area contributed by atoms with Crippen LogP contribution in [0.3, 0.4) is 0 Å². The number of hydrogen-bond donors (Lipinski definition) is 1. The van der Waals surface area contributed by atoms with Gasteiger partial charge in [0.25, 0.3) is 0 Å². The van der Waals surface area contributed by atoms with Gasteiger partial charge in [-0.25, -0.2) is 4.79 Å². The van der Waals surface area contributed by atoms with Crippen LogP contribution in [0.25, 0.3) is 11.0 Å². The molecule has 29 heavy (non-hydrogen) atoms. The van der Waals surface area contributed by atoms with Gasteiger partial charge in [0.2, 0.25) is 0 Å². The van der Waals surface area contributed by atoms with Crippen molar-refractivity contribution in [3.8, 4) is 5.75 Å². The Morgan fingerprint density at radius 2 is 1.93 bits per heavy atom. The van der Waals surface area contributed by atoms with Gasteiger partial charge in [-0.2, -0.15) is 0 Å². The highest BCUT2D eigenvalue weighted by molar-refractivity contribution is 5.86. The molecule has 0 bridgehead atoms. The second kappa shape index (κ2) is 9.92. The van der Waals surface area contributed by atoms with Gasteiger partial charge in [0.05, 0.1) is 12.2 Å². The maximum atomic E-state index is 12.0. The average Bonchev–Trinajstić information content (AvgIpc) is 2.96. The fourth-order valence-corrected chi connectivity index (χ4v) is 3.95. The number of aryl methyl sites for hydroxylation is 2. The number of hydrogen-bond acceptors (Lipinski definition) is 6. The number of nitrogens with zero attached hydrogens (tertiary/aromatic N) is 1. The predicted octanol–water partition coefficient (Wildman–Crippen LogP) is 4.07. The summed E-state index contributed by atoms with van der Waals surface area (Å²) in [6.07, 6.45) is 6.07. The molecule has 1 aliphatic rings. The Hall–Kier alpha value is -2.34. The van der Waals surface area contributed by atoms with E-state index in [0.29, 0.717) is 36.3 Å². The maximum Gasteiger partial charge on any atom is 0.336 e. The van der Waals surface area contributed by atoms with E-state index in [1.54, 1.807) is 0 Å². The Bertz CT molecular complexity index is 910. The molecule has 0 atom stereocenters. The van der Waals surface area contributed by atoms with Crippen molar-refractivity contribution < 1.29 is 19.1 Å². The monoisotopic (exact) mass is 401 g/mol. The first-order valence-electron chi connectivity index (χ1n) is 10.7. The predicted molar refractivity (Wildman–Crippen MR) is 112 cm³/mol. The molecule has 1 N–H and O–H groups in total. The number of aromatic hydroxyl groups is 1. The largest absolute Gasteiger partial charge is 0.507 e. The lowest BCUT2D eigenvalue weighted by Crippen LogP contribution is -2.24. The maximum absolute atomic E-state index is 12.0. The van der Waals surface area contributed by atoms with E-state index >= 15 is 0 Å². The number of esters is 1. The van der Waals surface area contributed by atoms with Crippen molar-refractivity contribution in [2.45, 2.75) is 65.3 Å². The van der Waals surface area contributed by atoms with Gasteiger partial charge in [-0.1, -0.05) is 19.8 Å². The SMILES string of the molecule is CCCOC(=O)CCc1cc2c(C)cc(=O)oc2c(CN2CCCCCC2)c1O. The Labute approximate surface area is 171 Å². The highest BCUT2D eigenvalue weighted by Crippen LogP contribution is 2.34.